The van der Waals surface area contributed by atoms with E-state index in [2.05, 4.69) is 63.7 Å². The van der Waals surface area contributed by atoms with Gasteiger partial charge in [0.2, 0.25) is 17.7 Å². The Bertz CT molecular complexity index is 1340. The van der Waals surface area contributed by atoms with Crippen LogP contribution in [-0.4, -0.2) is 91.4 Å². The van der Waals surface area contributed by atoms with Crippen LogP contribution >= 0.6 is 27.7 Å². The van der Waals surface area contributed by atoms with Crippen LogP contribution in [0.25, 0.3) is 0 Å². The number of fused-ring (bicyclic) bond motifs is 1. The smallest absolute Gasteiger partial charge is 0.247 e. The summed E-state index contributed by atoms with van der Waals surface area (Å²) in [6, 6.07) is 5.97. The largest absolute Gasteiger partial charge is 0.494 e. The fourth-order valence-electron chi connectivity index (χ4n) is 8.43. The van der Waals surface area contributed by atoms with Gasteiger partial charge in [-0.05, 0) is 69.2 Å². The normalized spacial score (nSPS) is 27.5. The molecule has 3 aliphatic rings. The lowest BCUT2D eigenvalue weighted by atomic mass is 9.70. The molecule has 2 bridgehead atoms. The highest BCUT2D eigenvalue weighted by Crippen LogP contribution is 2.68. The van der Waals surface area contributed by atoms with E-state index in [4.69, 9.17) is 4.74 Å². The second kappa shape index (κ2) is 14.3. The maximum atomic E-state index is 15.2. The molecule has 3 saturated heterocycles. The zero-order valence-electron chi connectivity index (χ0n) is 29.4. The third-order valence-electron chi connectivity index (χ3n) is 9.87. The quantitative estimate of drug-likeness (QED) is 0.178. The summed E-state index contributed by atoms with van der Waals surface area (Å²) in [6.07, 6.45) is 4.74. The first-order valence-electron chi connectivity index (χ1n) is 16.8. The number of amides is 3. The van der Waals surface area contributed by atoms with Gasteiger partial charge < -0.3 is 24.5 Å². The van der Waals surface area contributed by atoms with E-state index in [1.54, 1.807) is 33.7 Å². The average Bonchev–Trinajstić information content (AvgIpc) is 3.57. The third kappa shape index (κ3) is 6.93. The lowest BCUT2D eigenvalue weighted by Gasteiger charge is -2.47. The van der Waals surface area contributed by atoms with Crippen molar-refractivity contribution in [3.8, 4) is 5.75 Å². The van der Waals surface area contributed by atoms with Crippen molar-refractivity contribution < 1.29 is 24.2 Å². The van der Waals surface area contributed by atoms with Gasteiger partial charge in [0.1, 0.15) is 11.8 Å². The minimum Gasteiger partial charge on any atom is -0.494 e. The Morgan fingerprint density at radius 1 is 1.13 bits per heavy atom. The average molecular weight is 733 g/mol. The number of halogens is 1. The molecule has 10 heteroatoms. The molecule has 0 radical (unpaired) electrons. The molecular formula is C37H54BrN3O5S. The Kier molecular flexibility index (Phi) is 11.4. The minimum atomic E-state index is -0.843. The number of carbonyl (C=O) groups is 3. The van der Waals surface area contributed by atoms with Crippen LogP contribution in [0.2, 0.25) is 0 Å². The molecule has 3 unspecified atom stereocenters. The van der Waals surface area contributed by atoms with Gasteiger partial charge in [0.25, 0.3) is 0 Å². The molecule has 3 aliphatic heterocycles. The standard InChI is InChI=1S/C37H54BrN3O5S/c1-11-18-39(24-14-16-25(17-15-24)46-13-3)32(43)28-29-33(44)41(27(21-42)23(4)5)31(37(29)20-26(38)30(28)47-37)34(45)40(19-12-2)36(9,10)22-35(6,7)8/h11-12,14-17,23,26-31,42H,1-2,13,18-22H2,3-10H3/t26?,27-,28-,29-,30-,31?,37?/m0/s1. The van der Waals surface area contributed by atoms with Crippen molar-refractivity contribution in [2.75, 3.05) is 31.2 Å². The number of aliphatic hydroxyl groups is 1. The van der Waals surface area contributed by atoms with Gasteiger partial charge in [0, 0.05) is 34.4 Å². The van der Waals surface area contributed by atoms with Gasteiger partial charge in [0.05, 0.1) is 35.8 Å². The highest BCUT2D eigenvalue weighted by atomic mass is 79.9. The summed E-state index contributed by atoms with van der Waals surface area (Å²) in [5.74, 6) is -1.31. The number of nitrogens with zero attached hydrogens (tertiary/aromatic N) is 3. The summed E-state index contributed by atoms with van der Waals surface area (Å²) < 4.78 is 4.78. The molecule has 0 aromatic heterocycles. The number of likely N-dealkylation sites (tertiary alicyclic amines) is 1. The molecule has 0 saturated carbocycles. The Morgan fingerprint density at radius 2 is 1.74 bits per heavy atom. The first-order chi connectivity index (χ1) is 22.0. The van der Waals surface area contributed by atoms with Crippen molar-refractivity contribution >= 4 is 51.1 Å². The van der Waals surface area contributed by atoms with Gasteiger partial charge in [-0.2, -0.15) is 0 Å². The summed E-state index contributed by atoms with van der Waals surface area (Å²) in [5, 5.41) is 10.5. The number of benzene rings is 1. The maximum absolute atomic E-state index is 15.2. The molecule has 7 atom stereocenters. The Morgan fingerprint density at radius 3 is 2.26 bits per heavy atom. The summed E-state index contributed by atoms with van der Waals surface area (Å²) in [7, 11) is 0. The fourth-order valence-corrected chi connectivity index (χ4v) is 12.0. The molecule has 4 rings (SSSR count). The van der Waals surface area contributed by atoms with Crippen LogP contribution in [0.15, 0.2) is 49.6 Å². The number of hydrogen-bond donors (Lipinski definition) is 1. The summed E-state index contributed by atoms with van der Waals surface area (Å²) >= 11 is 5.52. The van der Waals surface area contributed by atoms with Crippen molar-refractivity contribution in [1.82, 2.24) is 9.80 Å². The van der Waals surface area contributed by atoms with E-state index in [1.807, 2.05) is 49.9 Å². The van der Waals surface area contributed by atoms with E-state index < -0.39 is 34.2 Å². The van der Waals surface area contributed by atoms with Crippen molar-refractivity contribution in [3.05, 3.63) is 49.6 Å². The molecule has 47 heavy (non-hydrogen) atoms. The Labute approximate surface area is 294 Å². The summed E-state index contributed by atoms with van der Waals surface area (Å²) in [6.45, 7) is 25.2. The monoisotopic (exact) mass is 731 g/mol. The van der Waals surface area contributed by atoms with E-state index in [0.29, 0.717) is 31.0 Å². The van der Waals surface area contributed by atoms with Crippen molar-refractivity contribution in [2.24, 2.45) is 23.2 Å². The molecule has 1 aromatic carbocycles. The number of anilines is 1. The van der Waals surface area contributed by atoms with Crippen LogP contribution in [0.5, 0.6) is 5.75 Å². The molecule has 1 aromatic rings. The Hall–Kier alpha value is -2.30. The van der Waals surface area contributed by atoms with Gasteiger partial charge >= 0.3 is 0 Å². The second-order valence-electron chi connectivity index (χ2n) is 15.4. The molecule has 8 nitrogen and oxygen atoms in total. The molecule has 260 valence electrons. The zero-order valence-corrected chi connectivity index (χ0v) is 31.8. The zero-order chi connectivity index (χ0) is 35.1. The van der Waals surface area contributed by atoms with Crippen LogP contribution in [0.1, 0.15) is 68.2 Å². The topological polar surface area (TPSA) is 90.4 Å². The van der Waals surface area contributed by atoms with E-state index in [1.165, 1.54) is 0 Å². The Balaban J connectivity index is 1.84. The minimum absolute atomic E-state index is 0.0602. The number of ether oxygens (including phenoxy) is 1. The molecule has 1 spiro atoms. The number of carbonyl (C=O) groups excluding carboxylic acids is 3. The maximum Gasteiger partial charge on any atom is 0.247 e. The van der Waals surface area contributed by atoms with Gasteiger partial charge in [-0.15, -0.1) is 24.9 Å². The SMILES string of the molecule is C=CCN(C(=O)[C@H]1[C@H]2C(=O)N([C@@H](CO)C(C)C)C(C(=O)N(CC=C)C(C)(C)CC(C)(C)C)C23CC(Br)[C@@H]1S3)c1ccc(OCC)cc1. The number of hydrogen-bond acceptors (Lipinski definition) is 6. The first-order valence-corrected chi connectivity index (χ1v) is 18.6. The molecular weight excluding hydrogens is 678 g/mol. The second-order valence-corrected chi connectivity index (χ2v) is 18.1. The highest BCUT2D eigenvalue weighted by Gasteiger charge is 2.77. The molecule has 0 aliphatic carbocycles. The van der Waals surface area contributed by atoms with Crippen LogP contribution in [0, 0.1) is 23.2 Å². The first kappa shape index (κ1) is 37.5. The van der Waals surface area contributed by atoms with Crippen LogP contribution in [-0.2, 0) is 14.4 Å². The molecule has 3 fully saturated rings. The van der Waals surface area contributed by atoms with Crippen molar-refractivity contribution in [1.29, 1.82) is 0 Å². The van der Waals surface area contributed by atoms with Gasteiger partial charge in [-0.3, -0.25) is 14.4 Å². The van der Waals surface area contributed by atoms with E-state index >= 15 is 4.79 Å². The number of aliphatic hydroxyl groups excluding tert-OH is 1. The van der Waals surface area contributed by atoms with Gasteiger partial charge in [-0.25, -0.2) is 0 Å². The summed E-state index contributed by atoms with van der Waals surface area (Å²) in [4.78, 5) is 50.0. The molecule has 1 N–H and O–H groups in total. The predicted molar refractivity (Wildman–Crippen MR) is 195 cm³/mol. The number of rotatable bonds is 14. The van der Waals surface area contributed by atoms with Crippen molar-refractivity contribution in [3.63, 3.8) is 0 Å². The lowest BCUT2D eigenvalue weighted by Crippen LogP contribution is -2.62. The van der Waals surface area contributed by atoms with E-state index in [0.717, 1.165) is 6.42 Å². The van der Waals surface area contributed by atoms with E-state index in [-0.39, 0.29) is 52.3 Å². The highest BCUT2D eigenvalue weighted by molar-refractivity contribution is 9.09. The fraction of sp³-hybridized carbons (Fsp3) is 0.649. The summed E-state index contributed by atoms with van der Waals surface area (Å²) in [5.41, 5.74) is 0.0887. The number of alkyl halides is 1. The number of thioether (sulfide) groups is 1. The molecule has 3 heterocycles. The predicted octanol–water partition coefficient (Wildman–Crippen LogP) is 6.32. The van der Waals surface area contributed by atoms with Crippen LogP contribution in [0.4, 0.5) is 5.69 Å². The molecule has 3 amide bonds. The lowest BCUT2D eigenvalue weighted by molar-refractivity contribution is -0.150. The third-order valence-corrected chi connectivity index (χ3v) is 13.1. The van der Waals surface area contributed by atoms with Crippen molar-refractivity contribution in [2.45, 2.75) is 101 Å². The van der Waals surface area contributed by atoms with E-state index in [9.17, 15) is 14.7 Å². The van der Waals surface area contributed by atoms with Crippen LogP contribution in [0.3, 0.4) is 0 Å². The van der Waals surface area contributed by atoms with Crippen LogP contribution < -0.4 is 9.64 Å². The van der Waals surface area contributed by atoms with Gasteiger partial charge in [0.15, 0.2) is 0 Å². The van der Waals surface area contributed by atoms with Gasteiger partial charge in [-0.1, -0.05) is 62.7 Å².